The zero-order chi connectivity index (χ0) is 37.5. The van der Waals surface area contributed by atoms with E-state index in [9.17, 15) is 0 Å². The molecule has 0 saturated heterocycles. The van der Waals surface area contributed by atoms with Gasteiger partial charge >= 0.3 is 0 Å². The molecule has 0 fully saturated rings. The molecule has 2 unspecified atom stereocenters. The highest BCUT2D eigenvalue weighted by atomic mass is 32.1. The first kappa shape index (κ1) is 32.3. The Morgan fingerprint density at radius 2 is 1.14 bits per heavy atom. The van der Waals surface area contributed by atoms with E-state index in [-0.39, 0.29) is 12.3 Å². The van der Waals surface area contributed by atoms with Crippen LogP contribution >= 0.6 is 11.3 Å². The molecule has 6 heteroatoms. The summed E-state index contributed by atoms with van der Waals surface area (Å²) in [6.07, 6.45) is -0.360. The fraction of sp³-hybridized carbons (Fsp3) is 0.0392. The molecule has 4 heterocycles. The Balaban J connectivity index is 0.950. The van der Waals surface area contributed by atoms with Crippen LogP contribution in [0.3, 0.4) is 0 Å². The molecule has 12 rings (SSSR count). The van der Waals surface area contributed by atoms with Crippen molar-refractivity contribution in [1.82, 2.24) is 15.2 Å². The van der Waals surface area contributed by atoms with Gasteiger partial charge in [0, 0.05) is 42.6 Å². The molecule has 8 aromatic carbocycles. The summed E-state index contributed by atoms with van der Waals surface area (Å²) in [5.74, 6) is 0.867. The van der Waals surface area contributed by atoms with Gasteiger partial charge in [0.1, 0.15) is 29.3 Å². The number of rotatable bonds is 5. The minimum atomic E-state index is -0.257. The smallest absolute Gasteiger partial charge is 0.135 e. The quantitative estimate of drug-likeness (QED) is 0.184. The van der Waals surface area contributed by atoms with Crippen molar-refractivity contribution in [2.24, 2.45) is 4.99 Å². The van der Waals surface area contributed by atoms with Gasteiger partial charge in [-0.1, -0.05) is 133 Å². The van der Waals surface area contributed by atoms with Crippen LogP contribution in [-0.4, -0.2) is 10.4 Å². The number of furan rings is 1. The molecular formula is C51H34N4OS. The van der Waals surface area contributed by atoms with Gasteiger partial charge in [-0.3, -0.25) is 5.32 Å². The molecule has 0 saturated carbocycles. The lowest BCUT2D eigenvalue weighted by molar-refractivity contribution is 0.409. The van der Waals surface area contributed by atoms with Crippen LogP contribution in [0.15, 0.2) is 191 Å². The van der Waals surface area contributed by atoms with E-state index in [4.69, 9.17) is 9.41 Å². The van der Waals surface area contributed by atoms with Crippen molar-refractivity contribution in [3.63, 3.8) is 0 Å². The molecule has 0 amide bonds. The van der Waals surface area contributed by atoms with E-state index in [1.165, 1.54) is 53.2 Å². The van der Waals surface area contributed by atoms with Crippen LogP contribution in [0.4, 0.5) is 0 Å². The molecule has 0 spiro atoms. The molecule has 1 aliphatic rings. The largest absolute Gasteiger partial charge is 0.456 e. The van der Waals surface area contributed by atoms with Crippen molar-refractivity contribution in [3.8, 4) is 16.8 Å². The molecule has 270 valence electrons. The summed E-state index contributed by atoms with van der Waals surface area (Å²) in [6.45, 7) is 0. The average Bonchev–Trinajstić information content (AvgIpc) is 3.95. The number of nitrogens with one attached hydrogen (secondary N) is 2. The first-order valence-electron chi connectivity index (χ1n) is 19.3. The summed E-state index contributed by atoms with van der Waals surface area (Å²) >= 11 is 1.87. The average molecular weight is 751 g/mol. The minimum Gasteiger partial charge on any atom is -0.456 e. The Hall–Kier alpha value is -6.99. The van der Waals surface area contributed by atoms with Crippen molar-refractivity contribution in [1.29, 1.82) is 0 Å². The highest BCUT2D eigenvalue weighted by Gasteiger charge is 2.26. The molecule has 0 aliphatic carbocycles. The zero-order valence-corrected chi connectivity index (χ0v) is 31.5. The normalized spacial score (nSPS) is 15.9. The summed E-state index contributed by atoms with van der Waals surface area (Å²) in [7, 11) is 0. The lowest BCUT2D eigenvalue weighted by Crippen LogP contribution is -2.44. The third-order valence-electron chi connectivity index (χ3n) is 11.5. The van der Waals surface area contributed by atoms with E-state index in [1.54, 1.807) is 0 Å². The Labute approximate surface area is 332 Å². The molecule has 2 N–H and O–H groups in total. The number of aliphatic imine (C=N–C) groups is 1. The predicted octanol–water partition coefficient (Wildman–Crippen LogP) is 13.1. The second-order valence-electron chi connectivity index (χ2n) is 14.8. The molecule has 3 aromatic heterocycles. The van der Waals surface area contributed by atoms with Gasteiger partial charge in [0.05, 0.1) is 21.4 Å². The number of thiophene rings is 1. The van der Waals surface area contributed by atoms with Crippen molar-refractivity contribution in [3.05, 3.63) is 199 Å². The SMILES string of the molecule is c1ccc(C2=NC(c3ccc4oc5ccc(-c6ccc7c(c6)sc6c(-n8c9ccccc9c9ccccc98)cccc67)cc5c4c3)NC(c3ccccc3)N2)cc1. The lowest BCUT2D eigenvalue weighted by Gasteiger charge is -2.32. The van der Waals surface area contributed by atoms with Gasteiger partial charge in [-0.15, -0.1) is 11.3 Å². The second kappa shape index (κ2) is 12.8. The van der Waals surface area contributed by atoms with E-state index < -0.39 is 0 Å². The summed E-state index contributed by atoms with van der Waals surface area (Å²) in [5, 5.41) is 14.7. The molecule has 0 radical (unpaired) electrons. The van der Waals surface area contributed by atoms with Gasteiger partial charge < -0.3 is 14.3 Å². The molecular weight excluding hydrogens is 717 g/mol. The summed E-state index contributed by atoms with van der Waals surface area (Å²) in [5.41, 5.74) is 11.0. The summed E-state index contributed by atoms with van der Waals surface area (Å²) in [6, 6.07) is 65.0. The van der Waals surface area contributed by atoms with Crippen LogP contribution in [0.5, 0.6) is 0 Å². The Morgan fingerprint density at radius 1 is 0.491 bits per heavy atom. The molecule has 57 heavy (non-hydrogen) atoms. The Morgan fingerprint density at radius 3 is 1.93 bits per heavy atom. The van der Waals surface area contributed by atoms with Crippen molar-refractivity contribution >= 4 is 81.1 Å². The van der Waals surface area contributed by atoms with Crippen LogP contribution in [0.1, 0.15) is 29.0 Å². The number of hydrogen-bond acceptors (Lipinski definition) is 5. The first-order chi connectivity index (χ1) is 28.2. The fourth-order valence-electron chi connectivity index (χ4n) is 8.76. The van der Waals surface area contributed by atoms with Gasteiger partial charge in [0.15, 0.2) is 0 Å². The van der Waals surface area contributed by atoms with Gasteiger partial charge in [-0.2, -0.15) is 0 Å². The van der Waals surface area contributed by atoms with Crippen LogP contribution < -0.4 is 10.6 Å². The highest BCUT2D eigenvalue weighted by Crippen LogP contribution is 2.43. The third kappa shape index (κ3) is 5.22. The van der Waals surface area contributed by atoms with E-state index in [1.807, 2.05) is 23.5 Å². The monoisotopic (exact) mass is 750 g/mol. The number of fused-ring (bicyclic) bond motifs is 9. The summed E-state index contributed by atoms with van der Waals surface area (Å²) < 4.78 is 11.4. The predicted molar refractivity (Wildman–Crippen MR) is 238 cm³/mol. The van der Waals surface area contributed by atoms with Crippen molar-refractivity contribution in [2.45, 2.75) is 12.3 Å². The first-order valence-corrected chi connectivity index (χ1v) is 20.2. The molecule has 2 atom stereocenters. The maximum Gasteiger partial charge on any atom is 0.135 e. The standard InChI is InChI=1S/C51H34N4OS/c1-3-12-31(13-4-1)49-52-50(32-14-5-2-6-15-32)54-51(53-49)35-24-27-46-41(29-35)40-28-33(23-26-45(40)56-46)34-22-25-38-39-18-11-21-44(48(39)57-47(38)30-34)55-42-19-9-7-16-36(42)37-17-8-10-20-43(37)55/h1-30,49,51,53H,(H,52,54). The van der Waals surface area contributed by atoms with Crippen molar-refractivity contribution in [2.75, 3.05) is 0 Å². The van der Waals surface area contributed by atoms with Gasteiger partial charge in [0.25, 0.3) is 0 Å². The number of aromatic nitrogens is 1. The van der Waals surface area contributed by atoms with Crippen LogP contribution in [0, 0.1) is 0 Å². The molecule has 5 nitrogen and oxygen atoms in total. The Bertz CT molecular complexity index is 3320. The molecule has 11 aromatic rings. The minimum absolute atomic E-state index is 0.103. The summed E-state index contributed by atoms with van der Waals surface area (Å²) in [4.78, 5) is 5.20. The van der Waals surface area contributed by atoms with Crippen LogP contribution in [-0.2, 0) is 0 Å². The van der Waals surface area contributed by atoms with Gasteiger partial charge in [-0.05, 0) is 70.8 Å². The zero-order valence-electron chi connectivity index (χ0n) is 30.7. The number of nitrogens with zero attached hydrogens (tertiary/aromatic N) is 2. The number of hydrogen-bond donors (Lipinski definition) is 2. The second-order valence-corrected chi connectivity index (χ2v) is 15.9. The number of benzene rings is 8. The Kier molecular flexibility index (Phi) is 7.24. The number of amidine groups is 1. The fourth-order valence-corrected chi connectivity index (χ4v) is 10.0. The topological polar surface area (TPSA) is 54.5 Å². The molecule has 1 aliphatic heterocycles. The maximum absolute atomic E-state index is 6.42. The lowest BCUT2D eigenvalue weighted by atomic mass is 10.0. The van der Waals surface area contributed by atoms with Crippen molar-refractivity contribution < 1.29 is 4.42 Å². The van der Waals surface area contributed by atoms with E-state index in [0.717, 1.165) is 50.0 Å². The van der Waals surface area contributed by atoms with Crippen LogP contribution in [0.25, 0.3) is 80.7 Å². The van der Waals surface area contributed by atoms with Crippen LogP contribution in [0.2, 0.25) is 0 Å². The third-order valence-corrected chi connectivity index (χ3v) is 12.7. The van der Waals surface area contributed by atoms with E-state index in [0.29, 0.717) is 0 Å². The van der Waals surface area contributed by atoms with E-state index in [2.05, 4.69) is 185 Å². The van der Waals surface area contributed by atoms with Gasteiger partial charge in [-0.25, -0.2) is 4.99 Å². The van der Waals surface area contributed by atoms with E-state index >= 15 is 0 Å². The molecule has 0 bridgehead atoms. The maximum atomic E-state index is 6.42. The van der Waals surface area contributed by atoms with Gasteiger partial charge in [0.2, 0.25) is 0 Å². The number of para-hydroxylation sites is 2. The highest BCUT2D eigenvalue weighted by molar-refractivity contribution is 7.26.